The van der Waals surface area contributed by atoms with Gasteiger partial charge in [0.25, 0.3) is 5.56 Å². The topological polar surface area (TPSA) is 61.5 Å². The molecule has 2 heterocycles. The Morgan fingerprint density at radius 2 is 2.33 bits per heavy atom. The molecule has 2 rings (SSSR count). The Morgan fingerprint density at radius 3 is 3.08 bits per heavy atom. The number of pyridine rings is 1. The summed E-state index contributed by atoms with van der Waals surface area (Å²) in [6.45, 7) is 2.02. The molecule has 0 unspecified atom stereocenters. The highest BCUT2D eigenvalue weighted by atomic mass is 16.1. The van der Waals surface area contributed by atoms with Crippen molar-refractivity contribution in [1.29, 1.82) is 0 Å². The molecule has 0 saturated heterocycles. The number of aromatic nitrogens is 3. The molecule has 0 aliphatic rings. The van der Waals surface area contributed by atoms with Crippen molar-refractivity contribution in [3.63, 3.8) is 0 Å². The standard InChI is InChI=1S/C8H9N3O/c1-2-5-3-4-9-7-6(5)8(12)11-10-7/h3-4H,2H2,1H3,(H2,9,10,11,12). The van der Waals surface area contributed by atoms with E-state index in [1.807, 2.05) is 13.0 Å². The van der Waals surface area contributed by atoms with Crippen molar-refractivity contribution >= 4 is 11.0 Å². The van der Waals surface area contributed by atoms with E-state index in [0.29, 0.717) is 11.0 Å². The van der Waals surface area contributed by atoms with Crippen LogP contribution >= 0.6 is 0 Å². The van der Waals surface area contributed by atoms with Crippen molar-refractivity contribution < 1.29 is 0 Å². The van der Waals surface area contributed by atoms with Crippen LogP contribution in [0.2, 0.25) is 0 Å². The number of fused-ring (bicyclic) bond motifs is 1. The number of nitrogens with zero attached hydrogens (tertiary/aromatic N) is 1. The molecule has 12 heavy (non-hydrogen) atoms. The zero-order valence-corrected chi connectivity index (χ0v) is 6.72. The predicted molar refractivity (Wildman–Crippen MR) is 46.1 cm³/mol. The van der Waals surface area contributed by atoms with Gasteiger partial charge in [-0.1, -0.05) is 6.92 Å². The molecule has 0 saturated carbocycles. The summed E-state index contributed by atoms with van der Waals surface area (Å²) in [5, 5.41) is 5.90. The van der Waals surface area contributed by atoms with Crippen LogP contribution in [0.1, 0.15) is 12.5 Å². The summed E-state index contributed by atoms with van der Waals surface area (Å²) in [5.74, 6) is 0. The highest BCUT2D eigenvalue weighted by molar-refractivity contribution is 5.77. The van der Waals surface area contributed by atoms with Gasteiger partial charge >= 0.3 is 0 Å². The third kappa shape index (κ3) is 0.845. The lowest BCUT2D eigenvalue weighted by molar-refractivity contribution is 1.06. The molecule has 0 aliphatic carbocycles. The van der Waals surface area contributed by atoms with Gasteiger partial charge in [0.1, 0.15) is 0 Å². The summed E-state index contributed by atoms with van der Waals surface area (Å²) < 4.78 is 0. The van der Waals surface area contributed by atoms with Gasteiger partial charge in [0.15, 0.2) is 5.65 Å². The van der Waals surface area contributed by atoms with Crippen LogP contribution in [-0.2, 0) is 6.42 Å². The first-order valence-corrected chi connectivity index (χ1v) is 3.87. The van der Waals surface area contributed by atoms with E-state index in [9.17, 15) is 4.79 Å². The molecule has 2 aromatic heterocycles. The zero-order chi connectivity index (χ0) is 8.55. The first kappa shape index (κ1) is 7.09. The summed E-state index contributed by atoms with van der Waals surface area (Å²) in [6, 6.07) is 1.87. The van der Waals surface area contributed by atoms with Gasteiger partial charge in [-0.25, -0.2) is 4.98 Å². The van der Waals surface area contributed by atoms with E-state index in [-0.39, 0.29) is 5.56 Å². The van der Waals surface area contributed by atoms with Crippen molar-refractivity contribution in [2.75, 3.05) is 0 Å². The molecule has 0 radical (unpaired) electrons. The largest absolute Gasteiger partial charge is 0.281 e. The Hall–Kier alpha value is -1.58. The van der Waals surface area contributed by atoms with Gasteiger partial charge in [-0.05, 0) is 18.1 Å². The minimum Gasteiger partial charge on any atom is -0.281 e. The molecule has 62 valence electrons. The summed E-state index contributed by atoms with van der Waals surface area (Å²) in [4.78, 5) is 15.3. The monoisotopic (exact) mass is 163 g/mol. The van der Waals surface area contributed by atoms with Crippen LogP contribution in [-0.4, -0.2) is 15.2 Å². The lowest BCUT2D eigenvalue weighted by atomic mass is 10.1. The third-order valence-corrected chi connectivity index (χ3v) is 1.94. The van der Waals surface area contributed by atoms with Crippen LogP contribution < -0.4 is 5.56 Å². The smallest absolute Gasteiger partial charge is 0.273 e. The molecule has 0 amide bonds. The van der Waals surface area contributed by atoms with Gasteiger partial charge < -0.3 is 0 Å². The van der Waals surface area contributed by atoms with Gasteiger partial charge in [-0.2, -0.15) is 0 Å². The van der Waals surface area contributed by atoms with E-state index in [4.69, 9.17) is 0 Å². The molecule has 2 aromatic rings. The van der Waals surface area contributed by atoms with Crippen LogP contribution in [0.5, 0.6) is 0 Å². The Balaban J connectivity index is 2.93. The molecule has 0 bridgehead atoms. The molecule has 0 spiro atoms. The molecule has 4 heteroatoms. The fourth-order valence-electron chi connectivity index (χ4n) is 1.32. The van der Waals surface area contributed by atoms with Crippen LogP contribution in [0.15, 0.2) is 17.1 Å². The molecule has 0 aliphatic heterocycles. The maximum Gasteiger partial charge on any atom is 0.273 e. The van der Waals surface area contributed by atoms with E-state index in [1.54, 1.807) is 6.20 Å². The molecule has 4 nitrogen and oxygen atoms in total. The molecular weight excluding hydrogens is 154 g/mol. The third-order valence-electron chi connectivity index (χ3n) is 1.94. The van der Waals surface area contributed by atoms with Crippen molar-refractivity contribution in [1.82, 2.24) is 15.2 Å². The average Bonchev–Trinajstić information content (AvgIpc) is 2.48. The van der Waals surface area contributed by atoms with Crippen LogP contribution in [0, 0.1) is 0 Å². The number of rotatable bonds is 1. The van der Waals surface area contributed by atoms with Gasteiger partial charge in [0.2, 0.25) is 0 Å². The fourth-order valence-corrected chi connectivity index (χ4v) is 1.32. The lowest BCUT2D eigenvalue weighted by Crippen LogP contribution is -2.00. The van der Waals surface area contributed by atoms with Crippen LogP contribution in [0.3, 0.4) is 0 Å². The molecule has 2 N–H and O–H groups in total. The lowest BCUT2D eigenvalue weighted by Gasteiger charge is -1.94. The summed E-state index contributed by atoms with van der Waals surface area (Å²) in [5.41, 5.74) is 1.58. The zero-order valence-electron chi connectivity index (χ0n) is 6.72. The Labute approximate surface area is 68.6 Å². The Morgan fingerprint density at radius 1 is 1.50 bits per heavy atom. The summed E-state index contributed by atoms with van der Waals surface area (Å²) in [6.07, 6.45) is 2.55. The maximum atomic E-state index is 11.2. The second-order valence-corrected chi connectivity index (χ2v) is 2.63. The number of hydrogen-bond donors (Lipinski definition) is 2. The number of H-pyrrole nitrogens is 2. The first-order valence-electron chi connectivity index (χ1n) is 3.87. The van der Waals surface area contributed by atoms with Crippen LogP contribution in [0.4, 0.5) is 0 Å². The van der Waals surface area contributed by atoms with E-state index >= 15 is 0 Å². The Bertz CT molecular complexity index is 455. The van der Waals surface area contributed by atoms with E-state index in [2.05, 4.69) is 15.2 Å². The van der Waals surface area contributed by atoms with E-state index < -0.39 is 0 Å². The second-order valence-electron chi connectivity index (χ2n) is 2.63. The number of hydrogen-bond acceptors (Lipinski definition) is 2. The van der Waals surface area contributed by atoms with Gasteiger partial charge in [0, 0.05) is 6.20 Å². The number of aromatic amines is 2. The first-order chi connectivity index (χ1) is 5.83. The highest BCUT2D eigenvalue weighted by Crippen LogP contribution is 2.09. The second kappa shape index (κ2) is 2.48. The minimum atomic E-state index is -0.0880. The fraction of sp³-hybridized carbons (Fsp3) is 0.250. The minimum absolute atomic E-state index is 0.0880. The summed E-state index contributed by atoms with van der Waals surface area (Å²) in [7, 11) is 0. The molecule has 0 fully saturated rings. The normalized spacial score (nSPS) is 10.8. The van der Waals surface area contributed by atoms with Crippen LogP contribution in [0.25, 0.3) is 11.0 Å². The molecule has 0 aromatic carbocycles. The number of aryl methyl sites for hydroxylation is 1. The molecular formula is C8H9N3O. The van der Waals surface area contributed by atoms with Gasteiger partial charge in [0.05, 0.1) is 5.39 Å². The summed E-state index contributed by atoms with van der Waals surface area (Å²) >= 11 is 0. The van der Waals surface area contributed by atoms with E-state index in [1.165, 1.54) is 0 Å². The highest BCUT2D eigenvalue weighted by Gasteiger charge is 2.04. The van der Waals surface area contributed by atoms with Crippen molar-refractivity contribution in [3.8, 4) is 0 Å². The SMILES string of the molecule is CCc1ccnc2[nH][nH]c(=O)c12. The van der Waals surface area contributed by atoms with Crippen molar-refractivity contribution in [3.05, 3.63) is 28.2 Å². The van der Waals surface area contributed by atoms with Gasteiger partial charge in [-0.15, -0.1) is 0 Å². The van der Waals surface area contributed by atoms with E-state index in [0.717, 1.165) is 12.0 Å². The van der Waals surface area contributed by atoms with Gasteiger partial charge in [-0.3, -0.25) is 15.0 Å². The number of nitrogens with one attached hydrogen (secondary N) is 2. The van der Waals surface area contributed by atoms with Crippen molar-refractivity contribution in [2.45, 2.75) is 13.3 Å². The average molecular weight is 163 g/mol. The van der Waals surface area contributed by atoms with Crippen molar-refractivity contribution in [2.24, 2.45) is 0 Å². The predicted octanol–water partition coefficient (Wildman–Crippen LogP) is 0.814. The molecule has 0 atom stereocenters. The maximum absolute atomic E-state index is 11.2. The Kier molecular flexibility index (Phi) is 1.46. The quantitative estimate of drug-likeness (QED) is 0.653.